The molecule has 1 aromatic heterocycles. The van der Waals surface area contributed by atoms with Gasteiger partial charge in [-0.1, -0.05) is 6.07 Å². The molecule has 3 saturated heterocycles. The summed E-state index contributed by atoms with van der Waals surface area (Å²) in [5, 5.41) is 4.52. The van der Waals surface area contributed by atoms with Crippen molar-refractivity contribution in [3.05, 3.63) is 36.0 Å². The van der Waals surface area contributed by atoms with Gasteiger partial charge >= 0.3 is 0 Å². The third kappa shape index (κ3) is 2.27. The topological polar surface area (TPSA) is 37.3 Å². The Morgan fingerprint density at radius 2 is 1.96 bits per heavy atom. The summed E-state index contributed by atoms with van der Waals surface area (Å²) in [6.45, 7) is 6.87. The van der Waals surface area contributed by atoms with Crippen LogP contribution in [-0.2, 0) is 7.05 Å². The molecule has 23 heavy (non-hydrogen) atoms. The zero-order chi connectivity index (χ0) is 16.2. The highest BCUT2D eigenvalue weighted by Crippen LogP contribution is 2.39. The molecule has 0 spiro atoms. The van der Waals surface area contributed by atoms with E-state index in [4.69, 9.17) is 0 Å². The molecule has 1 atom stereocenters. The Kier molecular flexibility index (Phi) is 3.27. The number of fused-ring (bicyclic) bond motifs is 4. The molecule has 3 aliphatic heterocycles. The Labute approximate surface area is 137 Å². The van der Waals surface area contributed by atoms with Crippen LogP contribution >= 0.6 is 0 Å². The quantitative estimate of drug-likeness (QED) is 0.926. The summed E-state index contributed by atoms with van der Waals surface area (Å²) in [6.07, 6.45) is 4.43. The normalized spacial score (nSPS) is 28.9. The standard InChI is InChI=1S/C19H25N3O/c1-19(2)17(14-7-10-22(19)11-8-14)20-18(23)15-5-4-13-6-9-21(3)16(13)12-15/h4-6,9,12,14,17H,7-8,10-11H2,1-3H3,(H,20,23)/t17-/m0/s1. The maximum Gasteiger partial charge on any atom is 0.251 e. The van der Waals surface area contributed by atoms with Gasteiger partial charge in [-0.3, -0.25) is 9.69 Å². The van der Waals surface area contributed by atoms with Gasteiger partial charge in [0.25, 0.3) is 5.91 Å². The fraction of sp³-hybridized carbons (Fsp3) is 0.526. The maximum absolute atomic E-state index is 12.8. The van der Waals surface area contributed by atoms with Gasteiger partial charge in [-0.2, -0.15) is 0 Å². The number of aryl methyl sites for hydroxylation is 1. The van der Waals surface area contributed by atoms with E-state index in [9.17, 15) is 4.79 Å². The highest BCUT2D eigenvalue weighted by molar-refractivity contribution is 5.98. The Hall–Kier alpha value is -1.81. The minimum absolute atomic E-state index is 0.0475. The van der Waals surface area contributed by atoms with Gasteiger partial charge < -0.3 is 9.88 Å². The van der Waals surface area contributed by atoms with Crippen molar-refractivity contribution < 1.29 is 4.79 Å². The van der Waals surface area contributed by atoms with Crippen molar-refractivity contribution in [3.63, 3.8) is 0 Å². The highest BCUT2D eigenvalue weighted by Gasteiger charge is 2.48. The van der Waals surface area contributed by atoms with E-state index in [1.54, 1.807) is 0 Å². The van der Waals surface area contributed by atoms with E-state index in [1.807, 2.05) is 31.4 Å². The summed E-state index contributed by atoms with van der Waals surface area (Å²) in [4.78, 5) is 15.3. The second kappa shape index (κ2) is 5.10. The molecule has 122 valence electrons. The van der Waals surface area contributed by atoms with Crippen LogP contribution in [0.3, 0.4) is 0 Å². The molecule has 1 N–H and O–H groups in total. The third-order valence-electron chi connectivity index (χ3n) is 6.02. The number of aromatic nitrogens is 1. The molecule has 4 heterocycles. The molecule has 0 saturated carbocycles. The molecule has 5 rings (SSSR count). The van der Waals surface area contributed by atoms with Crippen LogP contribution in [-0.4, -0.2) is 40.0 Å². The fourth-order valence-electron chi connectivity index (χ4n) is 4.51. The Balaban J connectivity index is 1.60. The van der Waals surface area contributed by atoms with E-state index in [-0.39, 0.29) is 17.5 Å². The molecule has 4 heteroatoms. The Morgan fingerprint density at radius 3 is 2.65 bits per heavy atom. The van der Waals surface area contributed by atoms with Crippen molar-refractivity contribution in [3.8, 4) is 0 Å². The molecule has 0 aliphatic carbocycles. The summed E-state index contributed by atoms with van der Waals surface area (Å²) < 4.78 is 2.06. The zero-order valence-corrected chi connectivity index (χ0v) is 14.2. The number of hydrogen-bond acceptors (Lipinski definition) is 2. The number of benzene rings is 1. The monoisotopic (exact) mass is 311 g/mol. The van der Waals surface area contributed by atoms with Crippen LogP contribution < -0.4 is 5.32 Å². The predicted octanol–water partition coefficient (Wildman–Crippen LogP) is 2.78. The molecule has 1 amide bonds. The van der Waals surface area contributed by atoms with E-state index in [2.05, 4.69) is 34.7 Å². The Morgan fingerprint density at radius 1 is 1.22 bits per heavy atom. The van der Waals surface area contributed by atoms with E-state index in [0.717, 1.165) is 11.1 Å². The number of rotatable bonds is 2. The average molecular weight is 311 g/mol. The third-order valence-corrected chi connectivity index (χ3v) is 6.02. The van der Waals surface area contributed by atoms with Gasteiger partial charge in [0.1, 0.15) is 0 Å². The van der Waals surface area contributed by atoms with Gasteiger partial charge in [-0.25, -0.2) is 0 Å². The van der Waals surface area contributed by atoms with E-state index >= 15 is 0 Å². The zero-order valence-electron chi connectivity index (χ0n) is 14.2. The molecule has 3 aliphatic rings. The number of amides is 1. The van der Waals surface area contributed by atoms with Crippen molar-refractivity contribution >= 4 is 16.8 Å². The highest BCUT2D eigenvalue weighted by atomic mass is 16.1. The summed E-state index contributed by atoms with van der Waals surface area (Å²) in [6, 6.07) is 8.28. The molecular formula is C19H25N3O. The summed E-state index contributed by atoms with van der Waals surface area (Å²) in [7, 11) is 2.01. The lowest BCUT2D eigenvalue weighted by molar-refractivity contribution is -0.0378. The number of hydrogen-bond donors (Lipinski definition) is 1. The lowest BCUT2D eigenvalue weighted by Crippen LogP contribution is -2.69. The van der Waals surface area contributed by atoms with E-state index in [1.165, 1.54) is 31.3 Å². The maximum atomic E-state index is 12.8. The minimum atomic E-state index is 0.0475. The summed E-state index contributed by atoms with van der Waals surface area (Å²) >= 11 is 0. The van der Waals surface area contributed by atoms with Gasteiger partial charge in [-0.05, 0) is 69.3 Å². The summed E-state index contributed by atoms with van der Waals surface area (Å²) in [5.74, 6) is 0.664. The number of carbonyl (C=O) groups excluding carboxylic acids is 1. The molecular weight excluding hydrogens is 286 g/mol. The van der Waals surface area contributed by atoms with Crippen molar-refractivity contribution in [1.29, 1.82) is 0 Å². The first-order valence-corrected chi connectivity index (χ1v) is 8.58. The fourth-order valence-corrected chi connectivity index (χ4v) is 4.51. The van der Waals surface area contributed by atoms with Gasteiger partial charge in [0, 0.05) is 35.9 Å². The second-order valence-electron chi connectivity index (χ2n) is 7.63. The lowest BCUT2D eigenvalue weighted by Gasteiger charge is -2.56. The van der Waals surface area contributed by atoms with Crippen LogP contribution in [0.15, 0.2) is 30.5 Å². The van der Waals surface area contributed by atoms with Gasteiger partial charge in [-0.15, -0.1) is 0 Å². The molecule has 1 aromatic carbocycles. The number of nitrogens with zero attached hydrogens (tertiary/aromatic N) is 2. The average Bonchev–Trinajstić information content (AvgIpc) is 2.92. The Bertz CT molecular complexity index is 753. The predicted molar refractivity (Wildman–Crippen MR) is 92.5 cm³/mol. The first-order valence-electron chi connectivity index (χ1n) is 8.58. The van der Waals surface area contributed by atoms with Crippen LogP contribution in [0.4, 0.5) is 0 Å². The van der Waals surface area contributed by atoms with E-state index in [0.29, 0.717) is 5.92 Å². The molecule has 3 fully saturated rings. The molecule has 0 radical (unpaired) electrons. The molecule has 4 nitrogen and oxygen atoms in total. The molecule has 2 aromatic rings. The van der Waals surface area contributed by atoms with Crippen LogP contribution in [0.5, 0.6) is 0 Å². The van der Waals surface area contributed by atoms with Crippen molar-refractivity contribution in [2.24, 2.45) is 13.0 Å². The molecule has 0 unspecified atom stereocenters. The summed E-state index contributed by atoms with van der Waals surface area (Å²) in [5.41, 5.74) is 1.91. The van der Waals surface area contributed by atoms with Crippen molar-refractivity contribution in [2.45, 2.75) is 38.3 Å². The second-order valence-corrected chi connectivity index (χ2v) is 7.63. The molecule has 2 bridgehead atoms. The van der Waals surface area contributed by atoms with Crippen LogP contribution in [0.1, 0.15) is 37.0 Å². The van der Waals surface area contributed by atoms with E-state index < -0.39 is 0 Å². The van der Waals surface area contributed by atoms with Gasteiger partial charge in [0.15, 0.2) is 0 Å². The lowest BCUT2D eigenvalue weighted by atomic mass is 9.72. The van der Waals surface area contributed by atoms with Crippen molar-refractivity contribution in [1.82, 2.24) is 14.8 Å². The van der Waals surface area contributed by atoms with Crippen LogP contribution in [0.25, 0.3) is 10.9 Å². The smallest absolute Gasteiger partial charge is 0.251 e. The van der Waals surface area contributed by atoms with Gasteiger partial charge in [0.2, 0.25) is 0 Å². The number of piperidine rings is 3. The number of nitrogens with one attached hydrogen (secondary N) is 1. The minimum Gasteiger partial charge on any atom is -0.351 e. The number of carbonyl (C=O) groups is 1. The first-order chi connectivity index (χ1) is 11.0. The largest absolute Gasteiger partial charge is 0.351 e. The first kappa shape index (κ1) is 14.8. The van der Waals surface area contributed by atoms with Crippen LogP contribution in [0, 0.1) is 5.92 Å². The van der Waals surface area contributed by atoms with Crippen molar-refractivity contribution in [2.75, 3.05) is 13.1 Å². The SMILES string of the molecule is Cn1ccc2ccc(C(=O)N[C@H]3C4CCN(CC4)C3(C)C)cc21. The van der Waals surface area contributed by atoms with Gasteiger partial charge in [0.05, 0.1) is 0 Å². The van der Waals surface area contributed by atoms with Crippen LogP contribution in [0.2, 0.25) is 0 Å².